The molecule has 0 spiro atoms. The van der Waals surface area contributed by atoms with Crippen molar-refractivity contribution < 1.29 is 45.8 Å². The van der Waals surface area contributed by atoms with Gasteiger partial charge < -0.3 is 19.8 Å². The number of hydrogen-bond donors (Lipinski definition) is 1. The van der Waals surface area contributed by atoms with Crippen molar-refractivity contribution in [3.63, 3.8) is 0 Å². The topological polar surface area (TPSA) is 81.2 Å². The standard InChI is InChI=1S/C32H37F6N3O4/c1-19-6-4-5-7-25(19)27-18-41(29(44)22-8-11-40(12-9-22)28(43)20(2)42)13-10-26(27)30(45)39(3)17-21-14-23(31(33,34)35)16-24(15-21)32(36,37)38/h4-7,14-16,20,22,26-27,42H,8-13,17-18H2,1-3H3/t20?,26-,27+/m0/s1. The Labute approximate surface area is 257 Å². The number of amides is 3. The Morgan fingerprint density at radius 3 is 2.00 bits per heavy atom. The third-order valence-electron chi connectivity index (χ3n) is 8.79. The van der Waals surface area contributed by atoms with Crippen LogP contribution in [0, 0.1) is 18.8 Å². The monoisotopic (exact) mass is 641 g/mol. The van der Waals surface area contributed by atoms with Crippen molar-refractivity contribution in [1.29, 1.82) is 0 Å². The molecule has 4 rings (SSSR count). The number of hydrogen-bond acceptors (Lipinski definition) is 4. The summed E-state index contributed by atoms with van der Waals surface area (Å²) in [4.78, 5) is 43.9. The van der Waals surface area contributed by atoms with Crippen molar-refractivity contribution in [2.45, 2.75) is 64.0 Å². The number of halogens is 6. The van der Waals surface area contributed by atoms with Crippen LogP contribution < -0.4 is 0 Å². The molecule has 0 aliphatic carbocycles. The molecule has 7 nitrogen and oxygen atoms in total. The smallest absolute Gasteiger partial charge is 0.384 e. The molecular weight excluding hydrogens is 604 g/mol. The van der Waals surface area contributed by atoms with E-state index >= 15 is 0 Å². The molecule has 2 aliphatic heterocycles. The fraction of sp³-hybridized carbons (Fsp3) is 0.531. The molecule has 1 N–H and O–H groups in total. The number of aliphatic hydroxyl groups is 1. The Hall–Kier alpha value is -3.61. The van der Waals surface area contributed by atoms with E-state index in [1.54, 1.807) is 4.90 Å². The fourth-order valence-electron chi connectivity index (χ4n) is 6.38. The summed E-state index contributed by atoms with van der Waals surface area (Å²) in [5.74, 6) is -2.38. The van der Waals surface area contributed by atoms with Gasteiger partial charge in [0.1, 0.15) is 6.10 Å². The van der Waals surface area contributed by atoms with Gasteiger partial charge in [0, 0.05) is 57.5 Å². The number of likely N-dealkylation sites (tertiary alicyclic amines) is 2. The maximum Gasteiger partial charge on any atom is 0.416 e. The molecule has 2 heterocycles. The molecular formula is C32H37F6N3O4. The van der Waals surface area contributed by atoms with Gasteiger partial charge in [0.15, 0.2) is 0 Å². The van der Waals surface area contributed by atoms with E-state index in [-0.39, 0.29) is 48.9 Å². The number of aliphatic hydroxyl groups excluding tert-OH is 1. The highest BCUT2D eigenvalue weighted by Crippen LogP contribution is 2.39. The molecule has 3 atom stereocenters. The Morgan fingerprint density at radius 1 is 0.911 bits per heavy atom. The molecule has 2 saturated heterocycles. The summed E-state index contributed by atoms with van der Waals surface area (Å²) < 4.78 is 80.5. The number of piperidine rings is 2. The van der Waals surface area contributed by atoms with Crippen molar-refractivity contribution in [3.8, 4) is 0 Å². The number of rotatable bonds is 6. The third kappa shape index (κ3) is 7.98. The zero-order valence-electron chi connectivity index (χ0n) is 25.3. The lowest BCUT2D eigenvalue weighted by molar-refractivity contribution is -0.147. The van der Waals surface area contributed by atoms with Gasteiger partial charge in [0.25, 0.3) is 5.91 Å². The second-order valence-corrected chi connectivity index (χ2v) is 12.0. The van der Waals surface area contributed by atoms with E-state index in [1.807, 2.05) is 31.2 Å². The summed E-state index contributed by atoms with van der Waals surface area (Å²) in [5.41, 5.74) is -1.47. The molecule has 2 fully saturated rings. The largest absolute Gasteiger partial charge is 0.416 e. The van der Waals surface area contributed by atoms with Gasteiger partial charge >= 0.3 is 12.4 Å². The second kappa shape index (κ2) is 13.4. The van der Waals surface area contributed by atoms with Crippen molar-refractivity contribution in [2.24, 2.45) is 11.8 Å². The first-order valence-electron chi connectivity index (χ1n) is 14.8. The minimum Gasteiger partial charge on any atom is -0.384 e. The van der Waals surface area contributed by atoms with E-state index in [9.17, 15) is 45.8 Å². The van der Waals surface area contributed by atoms with Gasteiger partial charge in [-0.15, -0.1) is 0 Å². The minimum atomic E-state index is -5.00. The van der Waals surface area contributed by atoms with Crippen molar-refractivity contribution in [3.05, 3.63) is 70.3 Å². The number of carbonyl (C=O) groups is 3. The maximum absolute atomic E-state index is 13.8. The van der Waals surface area contributed by atoms with Gasteiger partial charge in [-0.1, -0.05) is 24.3 Å². The van der Waals surface area contributed by atoms with Gasteiger partial charge in [0.05, 0.1) is 11.1 Å². The van der Waals surface area contributed by atoms with Crippen molar-refractivity contribution in [2.75, 3.05) is 33.2 Å². The van der Waals surface area contributed by atoms with Crippen LogP contribution in [0.5, 0.6) is 0 Å². The molecule has 1 unspecified atom stereocenters. The maximum atomic E-state index is 13.8. The lowest BCUT2D eigenvalue weighted by Gasteiger charge is -2.42. The number of aryl methyl sites for hydroxylation is 1. The first kappa shape index (κ1) is 34.3. The first-order valence-corrected chi connectivity index (χ1v) is 14.8. The average Bonchev–Trinajstić information content (AvgIpc) is 2.99. The van der Waals surface area contributed by atoms with E-state index in [0.717, 1.165) is 16.0 Å². The molecule has 246 valence electrons. The Morgan fingerprint density at radius 2 is 1.47 bits per heavy atom. The molecule has 2 aromatic rings. The number of alkyl halides is 6. The van der Waals surface area contributed by atoms with Crippen molar-refractivity contribution in [1.82, 2.24) is 14.7 Å². The van der Waals surface area contributed by atoms with E-state index in [0.29, 0.717) is 38.1 Å². The van der Waals surface area contributed by atoms with Gasteiger partial charge in [-0.05, 0) is 68.0 Å². The van der Waals surface area contributed by atoms with Gasteiger partial charge in [-0.2, -0.15) is 26.3 Å². The molecule has 45 heavy (non-hydrogen) atoms. The minimum absolute atomic E-state index is 0.0567. The summed E-state index contributed by atoms with van der Waals surface area (Å²) in [6, 6.07) is 8.68. The highest BCUT2D eigenvalue weighted by atomic mass is 19.4. The Bertz CT molecular complexity index is 1370. The van der Waals surface area contributed by atoms with Gasteiger partial charge in [0.2, 0.25) is 11.8 Å². The predicted octanol–water partition coefficient (Wildman–Crippen LogP) is 5.24. The summed E-state index contributed by atoms with van der Waals surface area (Å²) in [6.45, 7) is 3.95. The zero-order valence-corrected chi connectivity index (χ0v) is 25.3. The van der Waals surface area contributed by atoms with Gasteiger partial charge in [-0.3, -0.25) is 14.4 Å². The lowest BCUT2D eigenvalue weighted by Crippen LogP contribution is -2.51. The number of carbonyl (C=O) groups excluding carboxylic acids is 3. The quantitative estimate of drug-likeness (QED) is 0.438. The summed E-state index contributed by atoms with van der Waals surface area (Å²) in [5, 5.41) is 9.60. The van der Waals surface area contributed by atoms with Crippen LogP contribution in [-0.4, -0.2) is 76.9 Å². The Balaban J connectivity index is 1.53. The molecule has 2 aliphatic rings. The van der Waals surface area contributed by atoms with Crippen molar-refractivity contribution >= 4 is 17.7 Å². The van der Waals surface area contributed by atoms with Crippen LogP contribution in [0.3, 0.4) is 0 Å². The van der Waals surface area contributed by atoms with Crippen LogP contribution in [0.15, 0.2) is 42.5 Å². The van der Waals surface area contributed by atoms with E-state index < -0.39 is 53.9 Å². The molecule has 3 amide bonds. The lowest BCUT2D eigenvalue weighted by atomic mass is 9.77. The molecule has 2 aromatic carbocycles. The molecule has 13 heteroatoms. The van der Waals surface area contributed by atoms with Crippen LogP contribution in [0.2, 0.25) is 0 Å². The number of nitrogens with zero attached hydrogens (tertiary/aromatic N) is 3. The van der Waals surface area contributed by atoms with Crippen LogP contribution in [0.25, 0.3) is 0 Å². The highest BCUT2D eigenvalue weighted by molar-refractivity contribution is 5.83. The van der Waals surface area contributed by atoms with Crippen LogP contribution >= 0.6 is 0 Å². The normalized spacial score (nSPS) is 20.6. The second-order valence-electron chi connectivity index (χ2n) is 12.0. The molecule has 0 bridgehead atoms. The third-order valence-corrected chi connectivity index (χ3v) is 8.79. The summed E-state index contributed by atoms with van der Waals surface area (Å²) in [7, 11) is 1.35. The predicted molar refractivity (Wildman–Crippen MR) is 153 cm³/mol. The van der Waals surface area contributed by atoms with E-state index in [2.05, 4.69) is 0 Å². The number of benzene rings is 2. The van der Waals surface area contributed by atoms with E-state index in [4.69, 9.17) is 0 Å². The highest BCUT2D eigenvalue weighted by Gasteiger charge is 2.41. The molecule has 0 aromatic heterocycles. The average molecular weight is 642 g/mol. The SMILES string of the molecule is Cc1ccccc1[C@H]1CN(C(=O)C2CCN(C(=O)C(C)O)CC2)CC[C@@H]1C(=O)N(C)Cc1cc(C(F)(F)F)cc(C(F)(F)F)c1. The van der Waals surface area contributed by atoms with Crippen LogP contribution in [-0.2, 0) is 33.3 Å². The zero-order chi connectivity index (χ0) is 33.3. The fourth-order valence-corrected chi connectivity index (χ4v) is 6.38. The Kier molecular flexibility index (Phi) is 10.2. The molecule has 0 saturated carbocycles. The van der Waals surface area contributed by atoms with Crippen LogP contribution in [0.4, 0.5) is 26.3 Å². The van der Waals surface area contributed by atoms with Gasteiger partial charge in [-0.25, -0.2) is 0 Å². The molecule has 0 radical (unpaired) electrons. The van der Waals surface area contributed by atoms with E-state index in [1.165, 1.54) is 18.9 Å². The van der Waals surface area contributed by atoms with Crippen LogP contribution in [0.1, 0.15) is 59.9 Å². The first-order chi connectivity index (χ1) is 21.0. The summed E-state index contributed by atoms with van der Waals surface area (Å²) in [6.07, 6.45) is -10.0. The summed E-state index contributed by atoms with van der Waals surface area (Å²) >= 11 is 0.